The molecular formula is C13H8Cl2N2O3. The van der Waals surface area contributed by atoms with Gasteiger partial charge in [-0.25, -0.2) is 9.78 Å². The van der Waals surface area contributed by atoms with Crippen LogP contribution in [-0.2, 0) is 0 Å². The van der Waals surface area contributed by atoms with E-state index in [0.717, 1.165) is 0 Å². The van der Waals surface area contributed by atoms with Crippen molar-refractivity contribution in [3.8, 4) is 0 Å². The van der Waals surface area contributed by atoms with E-state index in [9.17, 15) is 9.59 Å². The summed E-state index contributed by atoms with van der Waals surface area (Å²) in [5, 5.41) is 11.7. The Balaban J connectivity index is 2.17. The average molecular weight is 311 g/mol. The van der Waals surface area contributed by atoms with Crippen LogP contribution in [-0.4, -0.2) is 22.0 Å². The first kappa shape index (κ1) is 14.3. The summed E-state index contributed by atoms with van der Waals surface area (Å²) in [6, 6.07) is 7.11. The number of hydrogen-bond donors (Lipinski definition) is 2. The van der Waals surface area contributed by atoms with Crippen LogP contribution in [0, 0.1) is 0 Å². The van der Waals surface area contributed by atoms with Crippen LogP contribution in [0.2, 0.25) is 10.2 Å². The van der Waals surface area contributed by atoms with Gasteiger partial charge in [0.25, 0.3) is 5.91 Å². The third-order valence-corrected chi connectivity index (χ3v) is 2.97. The Bertz CT molecular complexity index is 672. The van der Waals surface area contributed by atoms with Gasteiger partial charge in [0.05, 0.1) is 16.1 Å². The molecule has 0 saturated carbocycles. The Labute approximate surface area is 124 Å². The van der Waals surface area contributed by atoms with E-state index >= 15 is 0 Å². The summed E-state index contributed by atoms with van der Waals surface area (Å²) in [7, 11) is 0. The number of nitrogens with one attached hydrogen (secondary N) is 1. The molecule has 20 heavy (non-hydrogen) atoms. The molecular weight excluding hydrogens is 303 g/mol. The van der Waals surface area contributed by atoms with Crippen LogP contribution >= 0.6 is 23.2 Å². The van der Waals surface area contributed by atoms with Crippen LogP contribution < -0.4 is 5.32 Å². The molecule has 2 rings (SSSR count). The number of aromatic carboxylic acids is 1. The highest BCUT2D eigenvalue weighted by Gasteiger charge is 2.12. The Morgan fingerprint density at radius 3 is 2.35 bits per heavy atom. The van der Waals surface area contributed by atoms with Crippen LogP contribution in [0.15, 0.2) is 36.5 Å². The van der Waals surface area contributed by atoms with Crippen molar-refractivity contribution in [3.63, 3.8) is 0 Å². The fraction of sp³-hybridized carbons (Fsp3) is 0. The summed E-state index contributed by atoms with van der Waals surface area (Å²) in [6.07, 6.45) is 1.27. The molecule has 1 aromatic heterocycles. The van der Waals surface area contributed by atoms with Crippen LogP contribution in [0.3, 0.4) is 0 Å². The highest BCUT2D eigenvalue weighted by atomic mass is 35.5. The van der Waals surface area contributed by atoms with E-state index in [1.54, 1.807) is 0 Å². The lowest BCUT2D eigenvalue weighted by Crippen LogP contribution is -2.13. The fourth-order valence-corrected chi connectivity index (χ4v) is 1.92. The molecule has 0 saturated heterocycles. The van der Waals surface area contributed by atoms with Gasteiger partial charge < -0.3 is 10.4 Å². The highest BCUT2D eigenvalue weighted by molar-refractivity contribution is 6.36. The molecule has 102 valence electrons. The molecule has 5 nitrogen and oxygen atoms in total. The van der Waals surface area contributed by atoms with Gasteiger partial charge in [0, 0.05) is 11.9 Å². The standard InChI is InChI=1S/C13H8Cl2N2O3/c14-10-5-11(15)16-6-9(10)12(18)17-8-3-1-7(2-4-8)13(19)20/h1-6H,(H,17,18)(H,19,20). The van der Waals surface area contributed by atoms with E-state index in [1.165, 1.54) is 36.5 Å². The predicted octanol–water partition coefficient (Wildman–Crippen LogP) is 3.34. The number of carboxylic acids is 1. The second-order valence-electron chi connectivity index (χ2n) is 3.82. The third kappa shape index (κ3) is 3.26. The third-order valence-electron chi connectivity index (χ3n) is 2.45. The van der Waals surface area contributed by atoms with E-state index in [-0.39, 0.29) is 21.3 Å². The first-order valence-electron chi connectivity index (χ1n) is 5.43. The number of carboxylic acid groups (broad SMARTS) is 1. The molecule has 1 aromatic carbocycles. The van der Waals surface area contributed by atoms with Gasteiger partial charge in [0.15, 0.2) is 0 Å². The molecule has 0 aliphatic rings. The summed E-state index contributed by atoms with van der Waals surface area (Å²) in [6.45, 7) is 0. The molecule has 0 fully saturated rings. The zero-order chi connectivity index (χ0) is 14.7. The van der Waals surface area contributed by atoms with Gasteiger partial charge in [-0.1, -0.05) is 23.2 Å². The van der Waals surface area contributed by atoms with E-state index in [2.05, 4.69) is 10.3 Å². The van der Waals surface area contributed by atoms with E-state index in [1.807, 2.05) is 0 Å². The van der Waals surface area contributed by atoms with Crippen LogP contribution in [0.5, 0.6) is 0 Å². The first-order chi connectivity index (χ1) is 9.47. The Hall–Kier alpha value is -2.11. The van der Waals surface area contributed by atoms with E-state index in [4.69, 9.17) is 28.3 Å². The number of amides is 1. The normalized spacial score (nSPS) is 10.1. The van der Waals surface area contributed by atoms with Gasteiger partial charge in [-0.3, -0.25) is 4.79 Å². The summed E-state index contributed by atoms with van der Waals surface area (Å²) in [4.78, 5) is 26.5. The first-order valence-corrected chi connectivity index (χ1v) is 6.18. The molecule has 0 aliphatic heterocycles. The minimum Gasteiger partial charge on any atom is -0.478 e. The van der Waals surface area contributed by atoms with Gasteiger partial charge in [-0.05, 0) is 30.3 Å². The van der Waals surface area contributed by atoms with Gasteiger partial charge >= 0.3 is 5.97 Å². The average Bonchev–Trinajstić information content (AvgIpc) is 2.39. The van der Waals surface area contributed by atoms with Crippen molar-refractivity contribution in [2.75, 3.05) is 5.32 Å². The van der Waals surface area contributed by atoms with Crippen molar-refractivity contribution in [3.05, 3.63) is 57.8 Å². The lowest BCUT2D eigenvalue weighted by atomic mass is 10.2. The number of hydrogen-bond acceptors (Lipinski definition) is 3. The number of pyridine rings is 1. The zero-order valence-electron chi connectivity index (χ0n) is 9.93. The minimum absolute atomic E-state index is 0.134. The lowest BCUT2D eigenvalue weighted by molar-refractivity contribution is 0.0696. The predicted molar refractivity (Wildman–Crippen MR) is 75.6 cm³/mol. The maximum absolute atomic E-state index is 12.0. The zero-order valence-corrected chi connectivity index (χ0v) is 11.4. The summed E-state index contributed by atoms with van der Waals surface area (Å²) >= 11 is 11.5. The smallest absolute Gasteiger partial charge is 0.335 e. The number of benzene rings is 1. The molecule has 1 amide bonds. The van der Waals surface area contributed by atoms with Crippen molar-refractivity contribution >= 4 is 40.8 Å². The summed E-state index contributed by atoms with van der Waals surface area (Å²) in [5.74, 6) is -1.49. The lowest BCUT2D eigenvalue weighted by Gasteiger charge is -2.06. The van der Waals surface area contributed by atoms with Crippen molar-refractivity contribution in [1.29, 1.82) is 0 Å². The van der Waals surface area contributed by atoms with Crippen molar-refractivity contribution in [2.24, 2.45) is 0 Å². The van der Waals surface area contributed by atoms with E-state index < -0.39 is 11.9 Å². The van der Waals surface area contributed by atoms with Crippen molar-refractivity contribution in [2.45, 2.75) is 0 Å². The van der Waals surface area contributed by atoms with Crippen molar-refractivity contribution < 1.29 is 14.7 Å². The maximum atomic E-state index is 12.0. The van der Waals surface area contributed by atoms with Crippen LogP contribution in [0.1, 0.15) is 20.7 Å². The molecule has 2 aromatic rings. The highest BCUT2D eigenvalue weighted by Crippen LogP contribution is 2.20. The molecule has 7 heteroatoms. The van der Waals surface area contributed by atoms with Gasteiger partial charge in [-0.2, -0.15) is 0 Å². The quantitative estimate of drug-likeness (QED) is 0.852. The largest absolute Gasteiger partial charge is 0.478 e. The fourth-order valence-electron chi connectivity index (χ4n) is 1.47. The molecule has 0 unspecified atom stereocenters. The number of carbonyl (C=O) groups is 2. The van der Waals surface area contributed by atoms with Gasteiger partial charge in [0.2, 0.25) is 0 Å². The number of nitrogens with zero attached hydrogens (tertiary/aromatic N) is 1. The topological polar surface area (TPSA) is 79.3 Å². The monoisotopic (exact) mass is 310 g/mol. The SMILES string of the molecule is O=C(O)c1ccc(NC(=O)c2cnc(Cl)cc2Cl)cc1. The second kappa shape index (κ2) is 5.90. The minimum atomic E-state index is -1.03. The number of carbonyl (C=O) groups excluding carboxylic acids is 1. The Morgan fingerprint density at radius 2 is 1.80 bits per heavy atom. The number of anilines is 1. The molecule has 0 aliphatic carbocycles. The molecule has 0 radical (unpaired) electrons. The Kier molecular flexibility index (Phi) is 4.22. The maximum Gasteiger partial charge on any atom is 0.335 e. The molecule has 0 atom stereocenters. The van der Waals surface area contributed by atoms with Crippen LogP contribution in [0.4, 0.5) is 5.69 Å². The van der Waals surface area contributed by atoms with Crippen LogP contribution in [0.25, 0.3) is 0 Å². The van der Waals surface area contributed by atoms with Gasteiger partial charge in [0.1, 0.15) is 5.15 Å². The number of halogens is 2. The van der Waals surface area contributed by atoms with Gasteiger partial charge in [-0.15, -0.1) is 0 Å². The number of aromatic nitrogens is 1. The molecule has 2 N–H and O–H groups in total. The number of rotatable bonds is 3. The summed E-state index contributed by atoms with van der Waals surface area (Å²) < 4.78 is 0. The van der Waals surface area contributed by atoms with E-state index in [0.29, 0.717) is 5.69 Å². The second-order valence-corrected chi connectivity index (χ2v) is 4.62. The van der Waals surface area contributed by atoms with Crippen molar-refractivity contribution in [1.82, 2.24) is 4.98 Å². The molecule has 0 bridgehead atoms. The molecule has 1 heterocycles. The molecule has 0 spiro atoms. The summed E-state index contributed by atoms with van der Waals surface area (Å²) in [5.41, 5.74) is 0.763. The Morgan fingerprint density at radius 1 is 1.15 bits per heavy atom.